The van der Waals surface area contributed by atoms with Crippen molar-refractivity contribution in [1.82, 2.24) is 15.3 Å². The fourth-order valence-electron chi connectivity index (χ4n) is 2.28. The van der Waals surface area contributed by atoms with Crippen molar-refractivity contribution < 1.29 is 0 Å². The molecule has 0 aliphatic carbocycles. The summed E-state index contributed by atoms with van der Waals surface area (Å²) in [6, 6.07) is 4.49. The number of hydrogen-bond acceptors (Lipinski definition) is 2. The minimum absolute atomic E-state index is 0.461. The van der Waals surface area contributed by atoms with Crippen molar-refractivity contribution >= 4 is 11.0 Å². The van der Waals surface area contributed by atoms with E-state index in [1.165, 1.54) is 16.6 Å². The molecule has 0 saturated heterocycles. The summed E-state index contributed by atoms with van der Waals surface area (Å²) in [6.45, 7) is 6.40. The summed E-state index contributed by atoms with van der Waals surface area (Å²) < 4.78 is 0. The maximum Gasteiger partial charge on any atom is 0.109 e. The van der Waals surface area contributed by atoms with Crippen LogP contribution in [0.4, 0.5) is 0 Å². The molecule has 0 atom stereocenters. The second kappa shape index (κ2) is 3.59. The standard InChI is InChI=1S/C13H17N3/c1-8(2)13-15-11-5-9-3-4-14-7-10(9)6-12(11)16-13/h5-6,8,14H,3-4,7H2,1-2H3,(H,15,16). The van der Waals surface area contributed by atoms with Crippen LogP contribution in [0.3, 0.4) is 0 Å². The van der Waals surface area contributed by atoms with Crippen LogP contribution in [0.2, 0.25) is 0 Å². The molecule has 0 bridgehead atoms. The molecule has 2 aromatic rings. The van der Waals surface area contributed by atoms with Gasteiger partial charge in [0.1, 0.15) is 5.82 Å². The number of rotatable bonds is 1. The summed E-state index contributed by atoms with van der Waals surface area (Å²) in [5.74, 6) is 1.55. The summed E-state index contributed by atoms with van der Waals surface area (Å²) in [4.78, 5) is 8.05. The first-order chi connectivity index (χ1) is 7.74. The molecule has 16 heavy (non-hydrogen) atoms. The maximum atomic E-state index is 4.64. The van der Waals surface area contributed by atoms with Gasteiger partial charge in [-0.2, -0.15) is 0 Å². The van der Waals surface area contributed by atoms with Crippen LogP contribution in [-0.2, 0) is 13.0 Å². The van der Waals surface area contributed by atoms with Crippen LogP contribution in [-0.4, -0.2) is 16.5 Å². The summed E-state index contributed by atoms with van der Waals surface area (Å²) >= 11 is 0. The average Bonchev–Trinajstić information content (AvgIpc) is 2.68. The average molecular weight is 215 g/mol. The molecule has 0 fully saturated rings. The number of fused-ring (bicyclic) bond motifs is 2. The van der Waals surface area contributed by atoms with E-state index < -0.39 is 0 Å². The Kier molecular flexibility index (Phi) is 2.21. The van der Waals surface area contributed by atoms with Crippen LogP contribution in [0.25, 0.3) is 11.0 Å². The zero-order chi connectivity index (χ0) is 11.1. The fraction of sp³-hybridized carbons (Fsp3) is 0.462. The molecule has 1 aromatic heterocycles. The number of hydrogen-bond donors (Lipinski definition) is 2. The molecule has 1 aliphatic rings. The van der Waals surface area contributed by atoms with Crippen molar-refractivity contribution in [2.24, 2.45) is 0 Å². The number of imidazole rings is 1. The van der Waals surface area contributed by atoms with Gasteiger partial charge in [0.05, 0.1) is 11.0 Å². The Hall–Kier alpha value is -1.35. The SMILES string of the molecule is CC(C)c1nc2cc3c(cc2[nH]1)CNCC3. The van der Waals surface area contributed by atoms with Crippen LogP contribution in [0, 0.1) is 0 Å². The third-order valence-corrected chi connectivity index (χ3v) is 3.26. The summed E-state index contributed by atoms with van der Waals surface area (Å²) in [5, 5.41) is 3.40. The Bertz CT molecular complexity index is 482. The molecule has 2 heterocycles. The van der Waals surface area contributed by atoms with Crippen LogP contribution >= 0.6 is 0 Å². The number of nitrogens with zero attached hydrogens (tertiary/aromatic N) is 1. The largest absolute Gasteiger partial charge is 0.342 e. The van der Waals surface area contributed by atoms with Gasteiger partial charge in [0.15, 0.2) is 0 Å². The van der Waals surface area contributed by atoms with Crippen LogP contribution in [0.5, 0.6) is 0 Å². The van der Waals surface area contributed by atoms with Crippen LogP contribution in [0.15, 0.2) is 12.1 Å². The van der Waals surface area contributed by atoms with Gasteiger partial charge >= 0.3 is 0 Å². The lowest BCUT2D eigenvalue weighted by Gasteiger charge is -2.16. The Morgan fingerprint density at radius 1 is 1.25 bits per heavy atom. The highest BCUT2D eigenvalue weighted by molar-refractivity contribution is 5.77. The van der Waals surface area contributed by atoms with Crippen LogP contribution < -0.4 is 5.32 Å². The van der Waals surface area contributed by atoms with E-state index in [2.05, 4.69) is 41.3 Å². The second-order valence-electron chi connectivity index (χ2n) is 4.84. The van der Waals surface area contributed by atoms with Gasteiger partial charge in [-0.1, -0.05) is 13.8 Å². The zero-order valence-corrected chi connectivity index (χ0v) is 9.80. The highest BCUT2D eigenvalue weighted by Gasteiger charge is 2.12. The molecule has 3 heteroatoms. The Balaban J connectivity index is 2.16. The molecule has 3 rings (SSSR count). The molecular weight excluding hydrogens is 198 g/mol. The van der Waals surface area contributed by atoms with Crippen molar-refractivity contribution in [1.29, 1.82) is 0 Å². The summed E-state index contributed by atoms with van der Waals surface area (Å²) in [7, 11) is 0. The monoisotopic (exact) mass is 215 g/mol. The molecule has 0 amide bonds. The lowest BCUT2D eigenvalue weighted by Crippen LogP contribution is -2.23. The lowest BCUT2D eigenvalue weighted by atomic mass is 10.0. The number of aromatic amines is 1. The van der Waals surface area contributed by atoms with Crippen molar-refractivity contribution in [3.8, 4) is 0 Å². The summed E-state index contributed by atoms with van der Waals surface area (Å²) in [6.07, 6.45) is 1.12. The first kappa shape index (κ1) is 9.85. The van der Waals surface area contributed by atoms with Crippen molar-refractivity contribution in [2.75, 3.05) is 6.54 Å². The molecule has 3 nitrogen and oxygen atoms in total. The molecule has 84 valence electrons. The van der Waals surface area contributed by atoms with E-state index in [0.717, 1.165) is 30.9 Å². The predicted molar refractivity (Wildman–Crippen MR) is 65.6 cm³/mol. The highest BCUT2D eigenvalue weighted by Crippen LogP contribution is 2.23. The topological polar surface area (TPSA) is 40.7 Å². The van der Waals surface area contributed by atoms with Crippen LogP contribution in [0.1, 0.15) is 36.7 Å². The molecule has 0 radical (unpaired) electrons. The number of nitrogens with one attached hydrogen (secondary N) is 2. The van der Waals surface area contributed by atoms with Gasteiger partial charge in [-0.25, -0.2) is 4.98 Å². The van der Waals surface area contributed by atoms with Crippen molar-refractivity contribution in [3.63, 3.8) is 0 Å². The first-order valence-electron chi connectivity index (χ1n) is 5.96. The minimum Gasteiger partial charge on any atom is -0.342 e. The second-order valence-corrected chi connectivity index (χ2v) is 4.84. The number of H-pyrrole nitrogens is 1. The Morgan fingerprint density at radius 2 is 2.12 bits per heavy atom. The van der Waals surface area contributed by atoms with E-state index in [1.54, 1.807) is 0 Å². The smallest absolute Gasteiger partial charge is 0.109 e. The third kappa shape index (κ3) is 1.52. The first-order valence-corrected chi connectivity index (χ1v) is 5.96. The minimum atomic E-state index is 0.461. The van der Waals surface area contributed by atoms with E-state index in [-0.39, 0.29) is 0 Å². The van der Waals surface area contributed by atoms with E-state index >= 15 is 0 Å². The van der Waals surface area contributed by atoms with Gasteiger partial charge in [0, 0.05) is 12.5 Å². The molecular formula is C13H17N3. The third-order valence-electron chi connectivity index (χ3n) is 3.26. The zero-order valence-electron chi connectivity index (χ0n) is 9.80. The maximum absolute atomic E-state index is 4.64. The van der Waals surface area contributed by atoms with Crippen molar-refractivity contribution in [3.05, 3.63) is 29.1 Å². The predicted octanol–water partition coefficient (Wildman–Crippen LogP) is 2.33. The molecule has 0 unspecified atom stereocenters. The van der Waals surface area contributed by atoms with Gasteiger partial charge in [0.25, 0.3) is 0 Å². The molecule has 2 N–H and O–H groups in total. The van der Waals surface area contributed by atoms with Gasteiger partial charge < -0.3 is 10.3 Å². The van der Waals surface area contributed by atoms with E-state index in [9.17, 15) is 0 Å². The summed E-state index contributed by atoms with van der Waals surface area (Å²) in [5.41, 5.74) is 5.15. The quantitative estimate of drug-likeness (QED) is 0.766. The van der Waals surface area contributed by atoms with E-state index in [0.29, 0.717) is 5.92 Å². The Morgan fingerprint density at radius 3 is 2.94 bits per heavy atom. The van der Waals surface area contributed by atoms with Gasteiger partial charge in [0.2, 0.25) is 0 Å². The lowest BCUT2D eigenvalue weighted by molar-refractivity contribution is 0.645. The Labute approximate surface area is 95.3 Å². The van der Waals surface area contributed by atoms with Crippen molar-refractivity contribution in [2.45, 2.75) is 32.7 Å². The molecule has 1 aromatic carbocycles. The molecule has 1 aliphatic heterocycles. The molecule has 0 saturated carbocycles. The van der Waals surface area contributed by atoms with Gasteiger partial charge in [-0.05, 0) is 36.2 Å². The number of benzene rings is 1. The normalized spacial score (nSPS) is 15.7. The van der Waals surface area contributed by atoms with E-state index in [1.807, 2.05) is 0 Å². The van der Waals surface area contributed by atoms with E-state index in [4.69, 9.17) is 0 Å². The van der Waals surface area contributed by atoms with Gasteiger partial charge in [-0.15, -0.1) is 0 Å². The molecule has 0 spiro atoms. The number of aromatic nitrogens is 2. The van der Waals surface area contributed by atoms with Gasteiger partial charge in [-0.3, -0.25) is 0 Å². The highest BCUT2D eigenvalue weighted by atomic mass is 14.9. The fourth-order valence-corrected chi connectivity index (χ4v) is 2.28.